The Morgan fingerprint density at radius 1 is 0.830 bits per heavy atom. The van der Waals surface area contributed by atoms with Gasteiger partial charge in [-0.1, -0.05) is 34.6 Å². The molecule has 0 saturated carbocycles. The molecule has 47 heavy (non-hydrogen) atoms. The number of pyridine rings is 1. The number of aryl methyl sites for hydroxylation is 1. The molecule has 8 rings (SSSR count). The van der Waals surface area contributed by atoms with Gasteiger partial charge in [0.25, 0.3) is 0 Å². The Hall–Kier alpha value is -4.41. The minimum atomic E-state index is -2.33. The number of imidazole rings is 1. The van der Waals surface area contributed by atoms with Crippen LogP contribution in [0.25, 0.3) is 44.3 Å². The van der Waals surface area contributed by atoms with Crippen molar-refractivity contribution in [1.29, 1.82) is 0 Å². The molecule has 240 valence electrons. The normalized spacial score (nSPS) is 15.7. The topological polar surface area (TPSA) is 46.1 Å². The van der Waals surface area contributed by atoms with E-state index in [1.165, 1.54) is 15.7 Å². The van der Waals surface area contributed by atoms with E-state index in [0.717, 1.165) is 51.0 Å². The van der Waals surface area contributed by atoms with Crippen LogP contribution in [0, 0.1) is 3.80 Å². The zero-order valence-electron chi connectivity index (χ0n) is 30.1. The first-order valence-electron chi connectivity index (χ1n) is 17.4. The van der Waals surface area contributed by atoms with E-state index in [-0.39, 0.29) is 10.8 Å². The van der Waals surface area contributed by atoms with Gasteiger partial charge in [0.15, 0.2) is 0 Å². The summed E-state index contributed by atoms with van der Waals surface area (Å²) in [6, 6.07) is 30.3. The van der Waals surface area contributed by atoms with Crippen LogP contribution < -0.4 is 9.47 Å². The van der Waals surface area contributed by atoms with Crippen molar-refractivity contribution in [2.75, 3.05) is 6.61 Å². The molecule has 0 spiro atoms. The molecule has 0 aliphatic carbocycles. The number of rotatable bonds is 4. The van der Waals surface area contributed by atoms with Gasteiger partial charge < -0.3 is 4.74 Å². The van der Waals surface area contributed by atoms with E-state index in [2.05, 4.69) is 94.9 Å². The Balaban J connectivity index is 1.28. The monoisotopic (exact) mass is 804 g/mol. The van der Waals surface area contributed by atoms with Crippen molar-refractivity contribution in [3.05, 3.63) is 112 Å². The van der Waals surface area contributed by atoms with Crippen LogP contribution in [-0.4, -0.2) is 25.3 Å². The van der Waals surface area contributed by atoms with Crippen LogP contribution in [0.15, 0.2) is 97.2 Å². The fraction of sp³-hybridized carbons (Fsp3) is 0.250. The summed E-state index contributed by atoms with van der Waals surface area (Å²) in [5.74, 6) is 3.07. The van der Waals surface area contributed by atoms with Crippen molar-refractivity contribution in [3.8, 4) is 28.8 Å². The van der Waals surface area contributed by atoms with Crippen molar-refractivity contribution >= 4 is 32.8 Å². The second kappa shape index (κ2) is 10.8. The van der Waals surface area contributed by atoms with Gasteiger partial charge in [-0.15, -0.1) is 0 Å². The van der Waals surface area contributed by atoms with E-state index in [9.17, 15) is 0 Å². The van der Waals surface area contributed by atoms with E-state index in [0.29, 0.717) is 27.4 Å². The zero-order valence-corrected chi connectivity index (χ0v) is 29.3. The van der Waals surface area contributed by atoms with Crippen LogP contribution >= 0.6 is 0 Å². The summed E-state index contributed by atoms with van der Waals surface area (Å²) in [5.41, 5.74) is 6.63. The van der Waals surface area contributed by atoms with Gasteiger partial charge >= 0.3 is 198 Å². The molecule has 1 aliphatic heterocycles. The van der Waals surface area contributed by atoms with E-state index < -0.39 is 6.98 Å². The minimum absolute atomic E-state index is 0.000325. The summed E-state index contributed by atoms with van der Waals surface area (Å²) in [6.45, 7) is 9.57. The fourth-order valence-electron chi connectivity index (χ4n) is 6.73. The third kappa shape index (κ3) is 4.96. The van der Waals surface area contributed by atoms with Gasteiger partial charge in [-0.05, 0) is 28.9 Å². The van der Waals surface area contributed by atoms with Crippen molar-refractivity contribution in [2.24, 2.45) is 6.98 Å². The van der Waals surface area contributed by atoms with Crippen LogP contribution in [0.5, 0.6) is 17.2 Å². The Bertz CT molecular complexity index is 2540. The van der Waals surface area contributed by atoms with Gasteiger partial charge in [-0.3, -0.25) is 0 Å². The van der Waals surface area contributed by atoms with Gasteiger partial charge in [-0.2, -0.15) is 0 Å². The van der Waals surface area contributed by atoms with Crippen molar-refractivity contribution in [2.45, 2.75) is 51.9 Å². The molecule has 0 bridgehead atoms. The molecule has 0 atom stereocenters. The Morgan fingerprint density at radius 2 is 1.62 bits per heavy atom. The molecule has 0 radical (unpaired) electrons. The number of ether oxygens (including phenoxy) is 2. The molecule has 1 aliphatic rings. The van der Waals surface area contributed by atoms with E-state index in [4.69, 9.17) is 18.6 Å². The maximum atomic E-state index is 8.20. The fourth-order valence-corrected chi connectivity index (χ4v) is 7.57. The average Bonchev–Trinajstić information content (AvgIpc) is 3.54. The molecule has 0 N–H and O–H groups in total. The SMILES string of the molecule is [2H]C([2H])([2H])n1[c](=[Pt])n(-c2cccc(Oc3ccc4c5cc6c(cc5n(-c5cc(C(C)(C)C)ccn5)c4c3)OCCC6(C)C)c2)c2ccccc21. The average molecular weight is 805 g/mol. The first-order chi connectivity index (χ1) is 23.7. The molecular weight excluding hydrogens is 764 g/mol. The summed E-state index contributed by atoms with van der Waals surface area (Å²) in [5, 5.41) is 2.25. The van der Waals surface area contributed by atoms with Crippen LogP contribution in [0.2, 0.25) is 0 Å². The molecule has 3 aromatic heterocycles. The molecule has 0 saturated heterocycles. The van der Waals surface area contributed by atoms with Gasteiger partial charge in [-0.25, -0.2) is 0 Å². The van der Waals surface area contributed by atoms with Crippen LogP contribution in [0.4, 0.5) is 0 Å². The number of para-hydroxylation sites is 2. The van der Waals surface area contributed by atoms with E-state index in [1.807, 2.05) is 65.4 Å². The first-order valence-corrected chi connectivity index (χ1v) is 17.0. The van der Waals surface area contributed by atoms with Crippen LogP contribution in [0.1, 0.15) is 56.3 Å². The molecule has 4 aromatic carbocycles. The van der Waals surface area contributed by atoms with Crippen LogP contribution in [0.3, 0.4) is 0 Å². The summed E-state index contributed by atoms with van der Waals surface area (Å²) < 4.78 is 43.6. The van der Waals surface area contributed by atoms with E-state index in [1.54, 1.807) is 0 Å². The zero-order chi connectivity index (χ0) is 35.2. The van der Waals surface area contributed by atoms with Gasteiger partial charge in [0.1, 0.15) is 5.75 Å². The second-order valence-electron chi connectivity index (χ2n) is 14.0. The second-order valence-corrected chi connectivity index (χ2v) is 15.0. The number of fused-ring (bicyclic) bond motifs is 5. The number of benzene rings is 4. The van der Waals surface area contributed by atoms with E-state index >= 15 is 0 Å². The van der Waals surface area contributed by atoms with Gasteiger partial charge in [0.05, 0.1) is 6.61 Å². The van der Waals surface area contributed by atoms with Gasteiger partial charge in [0, 0.05) is 11.8 Å². The summed E-state index contributed by atoms with van der Waals surface area (Å²) in [4.78, 5) is 4.88. The molecule has 0 amide bonds. The predicted octanol–water partition coefficient (Wildman–Crippen LogP) is 9.69. The first kappa shape index (κ1) is 26.6. The summed E-state index contributed by atoms with van der Waals surface area (Å²) >= 11 is 2.09. The molecule has 7 aromatic rings. The molecule has 4 heterocycles. The molecular formula is C40H38N4O2Pt. The Morgan fingerprint density at radius 3 is 2.43 bits per heavy atom. The van der Waals surface area contributed by atoms with Gasteiger partial charge in [0.2, 0.25) is 0 Å². The summed E-state index contributed by atoms with van der Waals surface area (Å²) in [6.07, 6.45) is 2.85. The molecule has 6 nitrogen and oxygen atoms in total. The summed E-state index contributed by atoms with van der Waals surface area (Å²) in [7, 11) is 0. The Kier molecular flexibility index (Phi) is 6.13. The molecule has 7 heteroatoms. The molecule has 0 fully saturated rings. The third-order valence-electron chi connectivity index (χ3n) is 9.41. The van der Waals surface area contributed by atoms with Crippen molar-refractivity contribution in [1.82, 2.24) is 18.7 Å². The quantitative estimate of drug-likeness (QED) is 0.178. The Labute approximate surface area is 289 Å². The number of nitrogens with zero attached hydrogens (tertiary/aromatic N) is 4. The number of hydrogen-bond acceptors (Lipinski definition) is 3. The van der Waals surface area contributed by atoms with Crippen molar-refractivity contribution in [3.63, 3.8) is 0 Å². The maximum absolute atomic E-state index is 8.20. The predicted molar refractivity (Wildman–Crippen MR) is 186 cm³/mol. The number of hydrogen-bond donors (Lipinski definition) is 0. The number of aromatic nitrogens is 4. The third-order valence-corrected chi connectivity index (χ3v) is 10.4. The van der Waals surface area contributed by atoms with Crippen LogP contribution in [-0.2, 0) is 37.2 Å². The van der Waals surface area contributed by atoms with Crippen molar-refractivity contribution < 1.29 is 32.9 Å². The molecule has 0 unspecified atom stereocenters. The standard InChI is InChI=1S/C40H38N4O2.Pt/c1-39(2,3)26-16-18-41-38(20-26)44-35-22-29(14-15-30(35)31-23-32-37(24-36(31)44)45-19-17-40(32,4)5)46-28-11-9-10-27(21-28)43-25-42(6)33-12-7-8-13-34(33)43;/h7-16,18,20-24H,17,19H2,1-6H3;/i6D3;.